The topological polar surface area (TPSA) is 63.3 Å². The van der Waals surface area contributed by atoms with Gasteiger partial charge in [-0.1, -0.05) is 36.4 Å². The van der Waals surface area contributed by atoms with Gasteiger partial charge in [-0.2, -0.15) is 0 Å². The van der Waals surface area contributed by atoms with Crippen LogP contribution in [0.4, 0.5) is 0 Å². The van der Waals surface area contributed by atoms with Gasteiger partial charge in [-0.15, -0.1) is 6.58 Å². The van der Waals surface area contributed by atoms with Gasteiger partial charge in [0.05, 0.1) is 0 Å². The maximum Gasteiger partial charge on any atom is 0.321 e. The molecule has 0 unspecified atom stereocenters. The van der Waals surface area contributed by atoms with Gasteiger partial charge in [0, 0.05) is 5.92 Å². The molecule has 3 N–H and O–H groups in total. The highest BCUT2D eigenvalue weighted by Crippen LogP contribution is 2.19. The van der Waals surface area contributed by atoms with Gasteiger partial charge in [-0.3, -0.25) is 4.79 Å². The Morgan fingerprint density at radius 1 is 1.43 bits per heavy atom. The molecule has 3 heteroatoms. The first-order valence-corrected chi connectivity index (χ1v) is 4.32. The highest BCUT2D eigenvalue weighted by atomic mass is 16.4. The van der Waals surface area contributed by atoms with E-state index < -0.39 is 12.0 Å². The molecule has 0 bridgehead atoms. The van der Waals surface area contributed by atoms with Crippen molar-refractivity contribution < 1.29 is 9.90 Å². The number of rotatable bonds is 4. The lowest BCUT2D eigenvalue weighted by Crippen LogP contribution is -2.35. The Balaban J connectivity index is 2.93. The zero-order valence-corrected chi connectivity index (χ0v) is 7.76. The first kappa shape index (κ1) is 10.5. The second kappa shape index (κ2) is 4.58. The third-order valence-electron chi connectivity index (χ3n) is 2.11. The average molecular weight is 191 g/mol. The molecule has 0 aromatic heterocycles. The van der Waals surface area contributed by atoms with Crippen molar-refractivity contribution in [1.29, 1.82) is 0 Å². The summed E-state index contributed by atoms with van der Waals surface area (Å²) in [5, 5.41) is 8.77. The van der Waals surface area contributed by atoms with E-state index in [-0.39, 0.29) is 5.92 Å². The fourth-order valence-electron chi connectivity index (χ4n) is 1.32. The molecule has 0 aliphatic rings. The van der Waals surface area contributed by atoms with Crippen molar-refractivity contribution >= 4 is 5.97 Å². The van der Waals surface area contributed by atoms with Crippen LogP contribution in [0.15, 0.2) is 43.0 Å². The van der Waals surface area contributed by atoms with Gasteiger partial charge in [0.25, 0.3) is 0 Å². The highest BCUT2D eigenvalue weighted by molar-refractivity contribution is 5.75. The van der Waals surface area contributed by atoms with Crippen molar-refractivity contribution in [3.05, 3.63) is 48.6 Å². The van der Waals surface area contributed by atoms with Crippen LogP contribution in [0.3, 0.4) is 0 Å². The second-order valence-corrected chi connectivity index (χ2v) is 3.04. The lowest BCUT2D eigenvalue weighted by Gasteiger charge is -2.16. The minimum absolute atomic E-state index is 0.339. The van der Waals surface area contributed by atoms with Crippen LogP contribution < -0.4 is 5.73 Å². The summed E-state index contributed by atoms with van der Waals surface area (Å²) in [4.78, 5) is 10.7. The van der Waals surface area contributed by atoms with E-state index in [2.05, 4.69) is 6.58 Å². The normalized spacial score (nSPS) is 14.4. The summed E-state index contributed by atoms with van der Waals surface area (Å²) < 4.78 is 0. The molecule has 0 radical (unpaired) electrons. The lowest BCUT2D eigenvalue weighted by atomic mass is 9.92. The molecular weight excluding hydrogens is 178 g/mol. The Morgan fingerprint density at radius 3 is 2.43 bits per heavy atom. The number of hydrogen-bond acceptors (Lipinski definition) is 2. The van der Waals surface area contributed by atoms with E-state index in [1.807, 2.05) is 30.3 Å². The minimum Gasteiger partial charge on any atom is -0.480 e. The molecule has 1 rings (SSSR count). The SMILES string of the molecule is C=C[C@@H](c1ccccc1)[C@H](N)C(=O)O. The fourth-order valence-corrected chi connectivity index (χ4v) is 1.32. The van der Waals surface area contributed by atoms with Crippen LogP contribution in [0.1, 0.15) is 11.5 Å². The Bertz CT molecular complexity index is 321. The van der Waals surface area contributed by atoms with E-state index >= 15 is 0 Å². The smallest absolute Gasteiger partial charge is 0.321 e. The van der Waals surface area contributed by atoms with Gasteiger partial charge in [0.1, 0.15) is 6.04 Å². The molecule has 0 saturated heterocycles. The number of hydrogen-bond donors (Lipinski definition) is 2. The van der Waals surface area contributed by atoms with E-state index in [0.29, 0.717) is 0 Å². The predicted octanol–water partition coefficient (Wildman–Crippen LogP) is 1.37. The minimum atomic E-state index is -1.02. The van der Waals surface area contributed by atoms with Crippen LogP contribution in [0.2, 0.25) is 0 Å². The number of carbonyl (C=O) groups is 1. The first-order valence-electron chi connectivity index (χ1n) is 4.32. The quantitative estimate of drug-likeness (QED) is 0.706. The van der Waals surface area contributed by atoms with Crippen LogP contribution >= 0.6 is 0 Å². The van der Waals surface area contributed by atoms with Crippen molar-refractivity contribution in [2.75, 3.05) is 0 Å². The highest BCUT2D eigenvalue weighted by Gasteiger charge is 2.22. The lowest BCUT2D eigenvalue weighted by molar-refractivity contribution is -0.138. The molecule has 0 spiro atoms. The molecule has 2 atom stereocenters. The van der Waals surface area contributed by atoms with Gasteiger partial charge in [0.2, 0.25) is 0 Å². The maximum absolute atomic E-state index is 10.7. The summed E-state index contributed by atoms with van der Waals surface area (Å²) in [6.07, 6.45) is 1.56. The summed E-state index contributed by atoms with van der Waals surface area (Å²) in [7, 11) is 0. The van der Waals surface area contributed by atoms with Crippen molar-refractivity contribution in [1.82, 2.24) is 0 Å². The summed E-state index contributed by atoms with van der Waals surface area (Å²) in [5.74, 6) is -1.35. The molecule has 0 heterocycles. The van der Waals surface area contributed by atoms with E-state index in [4.69, 9.17) is 10.8 Å². The Kier molecular flexibility index (Phi) is 3.42. The van der Waals surface area contributed by atoms with Crippen molar-refractivity contribution in [3.8, 4) is 0 Å². The number of nitrogens with two attached hydrogens (primary N) is 1. The standard InChI is InChI=1S/C11H13NO2/c1-2-9(10(12)11(13)14)8-6-4-3-5-7-8/h2-7,9-10H,1,12H2,(H,13,14)/t9-,10-/m0/s1. The summed E-state index contributed by atoms with van der Waals surface area (Å²) in [5.41, 5.74) is 6.41. The van der Waals surface area contributed by atoms with E-state index in [1.165, 1.54) is 0 Å². The Labute approximate surface area is 82.9 Å². The third kappa shape index (κ3) is 2.20. The van der Waals surface area contributed by atoms with Crippen LogP contribution in [-0.2, 0) is 4.79 Å². The third-order valence-corrected chi connectivity index (χ3v) is 2.11. The van der Waals surface area contributed by atoms with Crippen molar-refractivity contribution in [3.63, 3.8) is 0 Å². The van der Waals surface area contributed by atoms with Crippen molar-refractivity contribution in [2.24, 2.45) is 5.73 Å². The largest absolute Gasteiger partial charge is 0.480 e. The molecule has 0 aliphatic carbocycles. The fraction of sp³-hybridized carbons (Fsp3) is 0.182. The Morgan fingerprint density at radius 2 is 2.00 bits per heavy atom. The molecule has 1 aromatic carbocycles. The summed E-state index contributed by atoms with van der Waals surface area (Å²) in [6.45, 7) is 3.60. The second-order valence-electron chi connectivity index (χ2n) is 3.04. The molecule has 14 heavy (non-hydrogen) atoms. The van der Waals surface area contributed by atoms with Crippen LogP contribution in [0, 0.1) is 0 Å². The van der Waals surface area contributed by atoms with E-state index in [0.717, 1.165) is 5.56 Å². The van der Waals surface area contributed by atoms with Gasteiger partial charge < -0.3 is 10.8 Å². The number of carboxylic acid groups (broad SMARTS) is 1. The molecule has 3 nitrogen and oxygen atoms in total. The summed E-state index contributed by atoms with van der Waals surface area (Å²) in [6, 6.07) is 8.32. The first-order chi connectivity index (χ1) is 6.66. The zero-order valence-electron chi connectivity index (χ0n) is 7.76. The van der Waals surface area contributed by atoms with Gasteiger partial charge >= 0.3 is 5.97 Å². The molecule has 0 amide bonds. The van der Waals surface area contributed by atoms with Crippen LogP contribution in [0.5, 0.6) is 0 Å². The molecule has 1 aromatic rings. The maximum atomic E-state index is 10.7. The molecule has 0 aliphatic heterocycles. The molecule has 0 saturated carbocycles. The Hall–Kier alpha value is -1.61. The van der Waals surface area contributed by atoms with E-state index in [9.17, 15) is 4.79 Å². The van der Waals surface area contributed by atoms with Crippen LogP contribution in [-0.4, -0.2) is 17.1 Å². The molecule has 74 valence electrons. The van der Waals surface area contributed by atoms with Gasteiger partial charge in [0.15, 0.2) is 0 Å². The average Bonchev–Trinajstić information content (AvgIpc) is 2.20. The molecule has 0 fully saturated rings. The molecular formula is C11H13NO2. The number of aliphatic carboxylic acids is 1. The van der Waals surface area contributed by atoms with Crippen molar-refractivity contribution in [2.45, 2.75) is 12.0 Å². The van der Waals surface area contributed by atoms with E-state index in [1.54, 1.807) is 6.08 Å². The van der Waals surface area contributed by atoms with Crippen LogP contribution in [0.25, 0.3) is 0 Å². The zero-order chi connectivity index (χ0) is 10.6. The van der Waals surface area contributed by atoms with Gasteiger partial charge in [-0.05, 0) is 5.56 Å². The predicted molar refractivity (Wildman–Crippen MR) is 55.0 cm³/mol. The van der Waals surface area contributed by atoms with Gasteiger partial charge in [-0.25, -0.2) is 0 Å². The monoisotopic (exact) mass is 191 g/mol. The number of benzene rings is 1. The summed E-state index contributed by atoms with van der Waals surface area (Å²) >= 11 is 0. The number of carboxylic acids is 1.